The largest absolute Gasteiger partial charge is 0.493 e. The molecule has 11 heteroatoms. The van der Waals surface area contributed by atoms with Gasteiger partial charge in [0.25, 0.3) is 5.91 Å². The first-order chi connectivity index (χ1) is 20.4. The molecular formula is C31H23ClFIN4O3S. The van der Waals surface area contributed by atoms with Gasteiger partial charge in [-0.15, -0.1) is 11.3 Å². The Bertz CT molecular complexity index is 1730. The molecule has 7 nitrogen and oxygen atoms in total. The Balaban J connectivity index is 1.19. The number of hydrogen-bond donors (Lipinski definition) is 2. The lowest BCUT2D eigenvalue weighted by Crippen LogP contribution is -2.17. The van der Waals surface area contributed by atoms with Crippen LogP contribution in [-0.4, -0.2) is 24.2 Å². The van der Waals surface area contributed by atoms with Crippen LogP contribution in [0.3, 0.4) is 0 Å². The number of thiazole rings is 1. The van der Waals surface area contributed by atoms with Gasteiger partial charge in [-0.3, -0.25) is 4.79 Å². The van der Waals surface area contributed by atoms with Gasteiger partial charge in [0.2, 0.25) is 0 Å². The van der Waals surface area contributed by atoms with Gasteiger partial charge in [-0.05, 0) is 82.8 Å². The zero-order chi connectivity index (χ0) is 29.5. The molecule has 0 aliphatic rings. The highest BCUT2D eigenvalue weighted by Crippen LogP contribution is 2.34. The van der Waals surface area contributed by atoms with E-state index in [0.29, 0.717) is 33.2 Å². The molecule has 0 saturated heterocycles. The molecule has 0 aliphatic heterocycles. The summed E-state index contributed by atoms with van der Waals surface area (Å²) in [5, 5.41) is 10.7. The molecule has 0 radical (unpaired) electrons. The molecule has 0 spiro atoms. The van der Waals surface area contributed by atoms with Crippen LogP contribution >= 0.6 is 45.5 Å². The van der Waals surface area contributed by atoms with E-state index in [4.69, 9.17) is 21.1 Å². The molecule has 1 aromatic heterocycles. The summed E-state index contributed by atoms with van der Waals surface area (Å²) in [6.07, 6.45) is 1.52. The highest BCUT2D eigenvalue weighted by Gasteiger charge is 2.13. The van der Waals surface area contributed by atoms with Crippen LogP contribution in [0.15, 0.2) is 95.4 Å². The molecule has 5 aromatic rings. The Morgan fingerprint density at radius 1 is 1.10 bits per heavy atom. The van der Waals surface area contributed by atoms with Crippen molar-refractivity contribution in [1.82, 2.24) is 10.4 Å². The van der Waals surface area contributed by atoms with Crippen molar-refractivity contribution in [1.29, 1.82) is 0 Å². The fourth-order valence-electron chi connectivity index (χ4n) is 3.86. The van der Waals surface area contributed by atoms with Crippen LogP contribution in [0.2, 0.25) is 5.02 Å². The number of hydrogen-bond acceptors (Lipinski definition) is 7. The van der Waals surface area contributed by atoms with Crippen molar-refractivity contribution in [3.8, 4) is 22.8 Å². The van der Waals surface area contributed by atoms with Crippen LogP contribution in [0.1, 0.15) is 21.5 Å². The molecule has 0 unspecified atom stereocenters. The summed E-state index contributed by atoms with van der Waals surface area (Å²) >= 11 is 9.55. The molecule has 42 heavy (non-hydrogen) atoms. The average molecular weight is 713 g/mol. The SMILES string of the molecule is COc1cc(/C=N\NC(=O)c2ccc(-c3csc(Nc4ccc(Cl)cc4)n3)cc2)cc(I)c1OCc1ccccc1F. The van der Waals surface area contributed by atoms with Crippen LogP contribution in [0, 0.1) is 9.39 Å². The van der Waals surface area contributed by atoms with Crippen LogP contribution in [0.5, 0.6) is 11.5 Å². The molecule has 1 heterocycles. The number of carbonyl (C=O) groups is 1. The van der Waals surface area contributed by atoms with Crippen molar-refractivity contribution < 1.29 is 18.7 Å². The zero-order valence-electron chi connectivity index (χ0n) is 22.1. The molecule has 0 atom stereocenters. The van der Waals surface area contributed by atoms with Gasteiger partial charge in [-0.1, -0.05) is 41.9 Å². The summed E-state index contributed by atoms with van der Waals surface area (Å²) in [7, 11) is 1.52. The highest BCUT2D eigenvalue weighted by atomic mass is 127. The van der Waals surface area contributed by atoms with Crippen molar-refractivity contribution in [2.24, 2.45) is 5.10 Å². The van der Waals surface area contributed by atoms with Crippen molar-refractivity contribution in [2.75, 3.05) is 12.4 Å². The predicted molar refractivity (Wildman–Crippen MR) is 174 cm³/mol. The Morgan fingerprint density at radius 2 is 1.86 bits per heavy atom. The molecule has 1 amide bonds. The maximum Gasteiger partial charge on any atom is 0.271 e. The molecule has 5 rings (SSSR count). The van der Waals surface area contributed by atoms with Crippen LogP contribution < -0.4 is 20.2 Å². The van der Waals surface area contributed by atoms with E-state index in [1.54, 1.807) is 36.4 Å². The van der Waals surface area contributed by atoms with Gasteiger partial charge in [-0.25, -0.2) is 14.8 Å². The van der Waals surface area contributed by atoms with Crippen molar-refractivity contribution in [3.63, 3.8) is 0 Å². The number of nitrogens with zero attached hydrogens (tertiary/aromatic N) is 2. The van der Waals surface area contributed by atoms with Gasteiger partial charge in [-0.2, -0.15) is 5.10 Å². The van der Waals surface area contributed by atoms with E-state index >= 15 is 0 Å². The minimum atomic E-state index is -0.354. The number of amides is 1. The fraction of sp³-hybridized carbons (Fsp3) is 0.0645. The lowest BCUT2D eigenvalue weighted by atomic mass is 10.1. The third kappa shape index (κ3) is 7.44. The van der Waals surface area contributed by atoms with Crippen LogP contribution in [0.4, 0.5) is 15.2 Å². The smallest absolute Gasteiger partial charge is 0.271 e. The monoisotopic (exact) mass is 712 g/mol. The first kappa shape index (κ1) is 29.5. The molecule has 0 saturated carbocycles. The number of methoxy groups -OCH3 is 1. The van der Waals surface area contributed by atoms with Gasteiger partial charge in [0.05, 0.1) is 22.6 Å². The van der Waals surface area contributed by atoms with E-state index in [1.165, 1.54) is 30.7 Å². The Labute approximate surface area is 264 Å². The minimum Gasteiger partial charge on any atom is -0.493 e. The summed E-state index contributed by atoms with van der Waals surface area (Å²) in [6.45, 7) is 0.0608. The lowest BCUT2D eigenvalue weighted by Gasteiger charge is -2.14. The number of halogens is 3. The number of nitrogens with one attached hydrogen (secondary N) is 2. The normalized spacial score (nSPS) is 11.0. The Morgan fingerprint density at radius 3 is 2.60 bits per heavy atom. The van der Waals surface area contributed by atoms with Gasteiger partial charge in [0.15, 0.2) is 16.6 Å². The number of anilines is 2. The van der Waals surface area contributed by atoms with E-state index in [-0.39, 0.29) is 18.3 Å². The van der Waals surface area contributed by atoms with Crippen molar-refractivity contribution in [3.05, 3.63) is 121 Å². The second kappa shape index (κ2) is 13.8. The molecule has 0 aliphatic carbocycles. The standard InChI is InChI=1S/C31H23ClFIN4O3S/c1-40-28-15-19(14-26(34)29(28)41-17-22-4-2-3-5-25(22)33)16-35-38-30(39)21-8-6-20(7-9-21)27-18-42-31(37-27)36-24-12-10-23(32)11-13-24/h2-16,18H,17H2,1H3,(H,36,37)(H,38,39)/b35-16-. The van der Waals surface area contributed by atoms with E-state index < -0.39 is 0 Å². The minimum absolute atomic E-state index is 0.0608. The third-order valence-corrected chi connectivity index (χ3v) is 7.81. The second-order valence-corrected chi connectivity index (χ2v) is 11.3. The molecule has 212 valence electrons. The lowest BCUT2D eigenvalue weighted by molar-refractivity contribution is 0.0955. The summed E-state index contributed by atoms with van der Waals surface area (Å²) in [6, 6.07) is 24.5. The maximum absolute atomic E-state index is 14.0. The summed E-state index contributed by atoms with van der Waals surface area (Å²) in [5.41, 5.74) is 6.71. The van der Waals surface area contributed by atoms with Crippen molar-refractivity contribution in [2.45, 2.75) is 6.61 Å². The molecule has 2 N–H and O–H groups in total. The second-order valence-electron chi connectivity index (χ2n) is 8.86. The predicted octanol–water partition coefficient (Wildman–Crippen LogP) is 8.30. The Hall–Kier alpha value is -4.00. The molecular weight excluding hydrogens is 690 g/mol. The van der Waals surface area contributed by atoms with Gasteiger partial charge in [0, 0.05) is 32.8 Å². The maximum atomic E-state index is 14.0. The first-order valence-corrected chi connectivity index (χ1v) is 14.9. The quantitative estimate of drug-likeness (QED) is 0.0865. The van der Waals surface area contributed by atoms with E-state index in [9.17, 15) is 9.18 Å². The van der Waals surface area contributed by atoms with Crippen molar-refractivity contribution >= 4 is 68.5 Å². The van der Waals surface area contributed by atoms with Gasteiger partial charge in [0.1, 0.15) is 12.4 Å². The van der Waals surface area contributed by atoms with E-state index in [0.717, 1.165) is 25.6 Å². The fourth-order valence-corrected chi connectivity index (χ4v) is 5.51. The number of rotatable bonds is 10. The molecule has 4 aromatic carbocycles. The number of benzene rings is 4. The summed E-state index contributed by atoms with van der Waals surface area (Å²) in [5.74, 6) is 0.277. The van der Waals surface area contributed by atoms with Gasteiger partial charge >= 0.3 is 0 Å². The third-order valence-electron chi connectivity index (χ3n) is 6.00. The molecule has 0 bridgehead atoms. The first-order valence-electron chi connectivity index (χ1n) is 12.6. The zero-order valence-corrected chi connectivity index (χ0v) is 25.8. The van der Waals surface area contributed by atoms with Gasteiger partial charge < -0.3 is 14.8 Å². The average Bonchev–Trinajstić information content (AvgIpc) is 3.47. The van der Waals surface area contributed by atoms with E-state index in [1.807, 2.05) is 47.8 Å². The van der Waals surface area contributed by atoms with E-state index in [2.05, 4.69) is 43.4 Å². The topological polar surface area (TPSA) is 84.8 Å². The highest BCUT2D eigenvalue weighted by molar-refractivity contribution is 14.1. The number of hydrazone groups is 1. The summed E-state index contributed by atoms with van der Waals surface area (Å²) < 4.78 is 26.1. The number of ether oxygens (including phenoxy) is 2. The molecule has 0 fully saturated rings. The number of carbonyl (C=O) groups excluding carboxylic acids is 1. The van der Waals surface area contributed by atoms with Crippen LogP contribution in [-0.2, 0) is 6.61 Å². The number of aromatic nitrogens is 1. The Kier molecular flexibility index (Phi) is 9.67. The van der Waals surface area contributed by atoms with Crippen LogP contribution in [0.25, 0.3) is 11.3 Å². The summed E-state index contributed by atoms with van der Waals surface area (Å²) in [4.78, 5) is 17.3.